The Morgan fingerprint density at radius 1 is 1.22 bits per heavy atom. The number of rotatable bonds is 5. The van der Waals surface area contributed by atoms with Crippen molar-refractivity contribution in [3.05, 3.63) is 35.4 Å². The molecule has 2 rings (SSSR count). The van der Waals surface area contributed by atoms with Crippen LogP contribution in [-0.4, -0.2) is 36.5 Å². The van der Waals surface area contributed by atoms with Gasteiger partial charge in [0.15, 0.2) is 0 Å². The summed E-state index contributed by atoms with van der Waals surface area (Å²) < 4.78 is 37.7. The van der Waals surface area contributed by atoms with Crippen LogP contribution in [0.3, 0.4) is 0 Å². The van der Waals surface area contributed by atoms with Crippen LogP contribution in [0.2, 0.25) is 0 Å². The number of carbonyl (C=O) groups is 1. The molecule has 3 nitrogen and oxygen atoms in total. The molecule has 0 atom stereocenters. The van der Waals surface area contributed by atoms with E-state index in [2.05, 4.69) is 5.32 Å². The first-order chi connectivity index (χ1) is 10.9. The van der Waals surface area contributed by atoms with Crippen LogP contribution in [0.5, 0.6) is 0 Å². The van der Waals surface area contributed by atoms with E-state index in [4.69, 9.17) is 0 Å². The van der Waals surface area contributed by atoms with Crippen molar-refractivity contribution in [3.63, 3.8) is 0 Å². The van der Waals surface area contributed by atoms with Gasteiger partial charge in [0.2, 0.25) is 5.91 Å². The summed E-state index contributed by atoms with van der Waals surface area (Å²) >= 11 is 0. The Labute approximate surface area is 134 Å². The molecule has 1 amide bonds. The van der Waals surface area contributed by atoms with Gasteiger partial charge in [-0.05, 0) is 50.0 Å². The van der Waals surface area contributed by atoms with Crippen LogP contribution in [0.1, 0.15) is 37.3 Å². The van der Waals surface area contributed by atoms with Gasteiger partial charge in [-0.3, -0.25) is 4.79 Å². The maximum Gasteiger partial charge on any atom is 0.416 e. The highest BCUT2D eigenvalue weighted by atomic mass is 19.4. The molecule has 1 aliphatic rings. The predicted molar refractivity (Wildman–Crippen MR) is 83.0 cm³/mol. The second-order valence-electron chi connectivity index (χ2n) is 5.94. The summed E-state index contributed by atoms with van der Waals surface area (Å²) in [5.74, 6) is -0.00138. The highest BCUT2D eigenvalue weighted by Gasteiger charge is 2.30. The van der Waals surface area contributed by atoms with Crippen molar-refractivity contribution in [2.24, 2.45) is 0 Å². The van der Waals surface area contributed by atoms with Gasteiger partial charge in [-0.25, -0.2) is 0 Å². The molecular weight excluding hydrogens is 305 g/mol. The molecule has 0 aliphatic carbocycles. The number of benzene rings is 1. The van der Waals surface area contributed by atoms with E-state index in [1.54, 1.807) is 0 Å². The van der Waals surface area contributed by atoms with E-state index in [0.717, 1.165) is 44.5 Å². The third-order valence-corrected chi connectivity index (χ3v) is 4.17. The summed E-state index contributed by atoms with van der Waals surface area (Å²) in [6, 6.07) is 5.10. The number of hydrogen-bond acceptors (Lipinski definition) is 2. The van der Waals surface area contributed by atoms with E-state index in [0.29, 0.717) is 12.1 Å². The number of nitrogens with one attached hydrogen (secondary N) is 1. The van der Waals surface area contributed by atoms with E-state index >= 15 is 0 Å². The van der Waals surface area contributed by atoms with Crippen LogP contribution in [0.25, 0.3) is 0 Å². The zero-order valence-electron chi connectivity index (χ0n) is 13.3. The lowest BCUT2D eigenvalue weighted by molar-refractivity contribution is -0.137. The molecule has 0 spiro atoms. The minimum Gasteiger partial charge on any atom is -0.339 e. The van der Waals surface area contributed by atoms with Crippen molar-refractivity contribution in [3.8, 4) is 0 Å². The number of hydrogen-bond donors (Lipinski definition) is 1. The van der Waals surface area contributed by atoms with Gasteiger partial charge in [-0.1, -0.05) is 19.1 Å². The molecule has 0 radical (unpaired) electrons. The lowest BCUT2D eigenvalue weighted by Crippen LogP contribution is -2.47. The van der Waals surface area contributed by atoms with Crippen molar-refractivity contribution in [1.29, 1.82) is 0 Å². The summed E-state index contributed by atoms with van der Waals surface area (Å²) in [7, 11) is 0. The zero-order chi connectivity index (χ0) is 16.9. The Hall–Kier alpha value is -1.56. The molecule has 1 N–H and O–H groups in total. The van der Waals surface area contributed by atoms with Crippen LogP contribution in [-0.2, 0) is 17.4 Å². The van der Waals surface area contributed by atoms with Gasteiger partial charge in [0.05, 0.1) is 12.0 Å². The topological polar surface area (TPSA) is 32.3 Å². The molecule has 1 saturated heterocycles. The van der Waals surface area contributed by atoms with E-state index in [1.807, 2.05) is 11.8 Å². The van der Waals surface area contributed by atoms with E-state index in [-0.39, 0.29) is 18.4 Å². The minimum atomic E-state index is -4.34. The minimum absolute atomic E-state index is 0.00138. The Kier molecular flexibility index (Phi) is 6.04. The smallest absolute Gasteiger partial charge is 0.339 e. The molecule has 1 aliphatic heterocycles. The largest absolute Gasteiger partial charge is 0.416 e. The van der Waals surface area contributed by atoms with Gasteiger partial charge in [0.25, 0.3) is 0 Å². The molecule has 0 saturated carbocycles. The Morgan fingerprint density at radius 3 is 2.35 bits per heavy atom. The van der Waals surface area contributed by atoms with Crippen LogP contribution >= 0.6 is 0 Å². The van der Waals surface area contributed by atoms with Crippen LogP contribution in [0, 0.1) is 0 Å². The van der Waals surface area contributed by atoms with E-state index < -0.39 is 11.7 Å². The van der Waals surface area contributed by atoms with Gasteiger partial charge in [0, 0.05) is 12.6 Å². The molecule has 23 heavy (non-hydrogen) atoms. The summed E-state index contributed by atoms with van der Waals surface area (Å²) in [5, 5.41) is 3.28. The van der Waals surface area contributed by atoms with Gasteiger partial charge in [0.1, 0.15) is 0 Å². The summed E-state index contributed by atoms with van der Waals surface area (Å²) in [6.45, 7) is 4.53. The number of carbonyl (C=O) groups excluding carboxylic acids is 1. The maximum absolute atomic E-state index is 12.6. The molecule has 1 aromatic rings. The number of halogens is 3. The van der Waals surface area contributed by atoms with Crippen molar-refractivity contribution in [2.45, 2.75) is 44.8 Å². The normalized spacial score (nSPS) is 16.3. The van der Waals surface area contributed by atoms with Crippen molar-refractivity contribution < 1.29 is 18.0 Å². The number of piperidine rings is 1. The SMILES string of the molecule is CCCN(C(=O)Cc1ccc(C(F)(F)F)cc1)C1CCNCC1. The van der Waals surface area contributed by atoms with E-state index in [1.165, 1.54) is 12.1 Å². The van der Waals surface area contributed by atoms with Crippen molar-refractivity contribution in [1.82, 2.24) is 10.2 Å². The summed E-state index contributed by atoms with van der Waals surface area (Å²) in [6.07, 6.45) is -1.45. The van der Waals surface area contributed by atoms with E-state index in [9.17, 15) is 18.0 Å². The number of alkyl halides is 3. The van der Waals surface area contributed by atoms with Crippen LogP contribution < -0.4 is 5.32 Å². The molecule has 0 bridgehead atoms. The summed E-state index contributed by atoms with van der Waals surface area (Å²) in [4.78, 5) is 14.5. The first kappa shape index (κ1) is 17.8. The Balaban J connectivity index is 2.02. The van der Waals surface area contributed by atoms with Crippen LogP contribution in [0.15, 0.2) is 24.3 Å². The van der Waals surface area contributed by atoms with Crippen molar-refractivity contribution in [2.75, 3.05) is 19.6 Å². The maximum atomic E-state index is 12.6. The first-order valence-corrected chi connectivity index (χ1v) is 8.08. The lowest BCUT2D eigenvalue weighted by atomic mass is 10.0. The van der Waals surface area contributed by atoms with Crippen molar-refractivity contribution >= 4 is 5.91 Å². The van der Waals surface area contributed by atoms with Gasteiger partial charge in [-0.2, -0.15) is 13.2 Å². The standard InChI is InChI=1S/C17H23F3N2O/c1-2-11-22(15-7-9-21-10-8-15)16(23)12-13-3-5-14(6-4-13)17(18,19)20/h3-6,15,21H,2,7-12H2,1H3. The molecular formula is C17H23F3N2O. The number of amides is 1. The zero-order valence-corrected chi connectivity index (χ0v) is 13.3. The fraction of sp³-hybridized carbons (Fsp3) is 0.588. The van der Waals surface area contributed by atoms with Gasteiger partial charge < -0.3 is 10.2 Å². The highest BCUT2D eigenvalue weighted by Crippen LogP contribution is 2.29. The Morgan fingerprint density at radius 2 is 1.83 bits per heavy atom. The lowest BCUT2D eigenvalue weighted by Gasteiger charge is -2.34. The molecule has 1 aromatic carbocycles. The fourth-order valence-electron chi connectivity index (χ4n) is 2.96. The second kappa shape index (κ2) is 7.81. The van der Waals surface area contributed by atoms with Gasteiger partial charge >= 0.3 is 6.18 Å². The highest BCUT2D eigenvalue weighted by molar-refractivity contribution is 5.79. The Bertz CT molecular complexity index is 508. The van der Waals surface area contributed by atoms with Crippen LogP contribution in [0.4, 0.5) is 13.2 Å². The summed E-state index contributed by atoms with van der Waals surface area (Å²) in [5.41, 5.74) is -0.0597. The molecule has 1 heterocycles. The average molecular weight is 328 g/mol. The third kappa shape index (κ3) is 4.96. The fourth-order valence-corrected chi connectivity index (χ4v) is 2.96. The molecule has 128 valence electrons. The quantitative estimate of drug-likeness (QED) is 0.900. The average Bonchev–Trinajstić information content (AvgIpc) is 2.53. The molecule has 0 aromatic heterocycles. The molecule has 0 unspecified atom stereocenters. The molecule has 1 fully saturated rings. The second-order valence-corrected chi connectivity index (χ2v) is 5.94. The van der Waals surface area contributed by atoms with Gasteiger partial charge in [-0.15, -0.1) is 0 Å². The first-order valence-electron chi connectivity index (χ1n) is 8.08. The molecule has 6 heteroatoms. The third-order valence-electron chi connectivity index (χ3n) is 4.17. The monoisotopic (exact) mass is 328 g/mol. The predicted octanol–water partition coefficient (Wildman–Crippen LogP) is 3.24. The number of nitrogens with zero attached hydrogens (tertiary/aromatic N) is 1.